The molecule has 1 aliphatic rings. The van der Waals surface area contributed by atoms with Gasteiger partial charge in [0.05, 0.1) is 0 Å². The van der Waals surface area contributed by atoms with Gasteiger partial charge in [-0.25, -0.2) is 0 Å². The van der Waals surface area contributed by atoms with E-state index in [4.69, 9.17) is 0 Å². The fourth-order valence-electron chi connectivity index (χ4n) is 3.29. The van der Waals surface area contributed by atoms with Crippen LogP contribution in [0, 0.1) is 0 Å². The Morgan fingerprint density at radius 1 is 1.12 bits per heavy atom. The first-order valence-electron chi connectivity index (χ1n) is 9.26. The van der Waals surface area contributed by atoms with E-state index in [1.807, 2.05) is 12.1 Å². The van der Waals surface area contributed by atoms with E-state index >= 15 is 0 Å². The lowest BCUT2D eigenvalue weighted by molar-refractivity contribution is -0.111. The molecule has 0 aliphatic carbocycles. The third kappa shape index (κ3) is 4.34. The molecule has 1 heterocycles. The molecule has 3 nitrogen and oxygen atoms in total. The smallest absolute Gasteiger partial charge is 0.248 e. The summed E-state index contributed by atoms with van der Waals surface area (Å²) in [4.78, 5) is 14.5. The Hall–Kier alpha value is -2.55. The van der Waals surface area contributed by atoms with Gasteiger partial charge in [0.2, 0.25) is 5.91 Å². The Labute approximate surface area is 156 Å². The molecule has 26 heavy (non-hydrogen) atoms. The van der Waals surface area contributed by atoms with Crippen molar-refractivity contribution in [1.82, 2.24) is 0 Å². The second kappa shape index (κ2) is 7.36. The Bertz CT molecular complexity index is 813. The molecule has 1 amide bonds. The summed E-state index contributed by atoms with van der Waals surface area (Å²) in [6.07, 6.45) is 5.74. The van der Waals surface area contributed by atoms with Crippen LogP contribution in [0.3, 0.4) is 0 Å². The average molecular weight is 348 g/mol. The molecule has 0 fully saturated rings. The lowest BCUT2D eigenvalue weighted by Crippen LogP contribution is -2.24. The van der Waals surface area contributed by atoms with Crippen LogP contribution in [0.2, 0.25) is 0 Å². The van der Waals surface area contributed by atoms with Crippen LogP contribution in [-0.2, 0) is 16.6 Å². The third-order valence-electron chi connectivity index (χ3n) is 4.91. The fraction of sp³-hybridized carbons (Fsp3) is 0.348. The number of nitrogens with zero attached hydrogens (tertiary/aromatic N) is 1. The predicted molar refractivity (Wildman–Crippen MR) is 111 cm³/mol. The summed E-state index contributed by atoms with van der Waals surface area (Å²) in [5.74, 6) is -0.108. The Morgan fingerprint density at radius 3 is 2.54 bits per heavy atom. The summed E-state index contributed by atoms with van der Waals surface area (Å²) in [5.41, 5.74) is 5.87. The number of fused-ring (bicyclic) bond motifs is 1. The molecule has 0 aromatic heterocycles. The van der Waals surface area contributed by atoms with Crippen molar-refractivity contribution >= 4 is 23.4 Å². The van der Waals surface area contributed by atoms with Gasteiger partial charge < -0.3 is 10.2 Å². The number of anilines is 2. The zero-order valence-electron chi connectivity index (χ0n) is 16.2. The number of hydrogen-bond donors (Lipinski definition) is 1. The van der Waals surface area contributed by atoms with E-state index in [1.54, 1.807) is 6.08 Å². The van der Waals surface area contributed by atoms with Crippen LogP contribution >= 0.6 is 0 Å². The summed E-state index contributed by atoms with van der Waals surface area (Å²) in [5, 5.41) is 2.97. The third-order valence-corrected chi connectivity index (χ3v) is 4.91. The van der Waals surface area contributed by atoms with E-state index in [9.17, 15) is 4.79 Å². The van der Waals surface area contributed by atoms with E-state index in [0.29, 0.717) is 0 Å². The van der Waals surface area contributed by atoms with Gasteiger partial charge in [0, 0.05) is 31.0 Å². The number of hydrogen-bond acceptors (Lipinski definition) is 2. The molecule has 0 unspecified atom stereocenters. The van der Waals surface area contributed by atoms with Crippen molar-refractivity contribution in [2.24, 2.45) is 0 Å². The molecule has 0 saturated heterocycles. The summed E-state index contributed by atoms with van der Waals surface area (Å²) >= 11 is 0. The van der Waals surface area contributed by atoms with E-state index in [0.717, 1.165) is 24.2 Å². The van der Waals surface area contributed by atoms with Crippen LogP contribution in [0.25, 0.3) is 6.08 Å². The molecular formula is C23H28N2O. The Morgan fingerprint density at radius 2 is 1.85 bits per heavy atom. The van der Waals surface area contributed by atoms with Crippen molar-refractivity contribution in [3.8, 4) is 0 Å². The number of amides is 1. The van der Waals surface area contributed by atoms with Gasteiger partial charge in [0.25, 0.3) is 0 Å². The molecule has 136 valence electrons. The van der Waals surface area contributed by atoms with E-state index < -0.39 is 0 Å². The quantitative estimate of drug-likeness (QED) is 0.790. The normalized spacial score (nSPS) is 14.4. The second-order valence-corrected chi connectivity index (χ2v) is 8.06. The molecule has 0 spiro atoms. The molecule has 0 atom stereocenters. The van der Waals surface area contributed by atoms with Gasteiger partial charge in [-0.05, 0) is 53.2 Å². The number of rotatable bonds is 3. The summed E-state index contributed by atoms with van der Waals surface area (Å²) < 4.78 is 0. The monoisotopic (exact) mass is 348 g/mol. The van der Waals surface area contributed by atoms with Crippen LogP contribution in [0.15, 0.2) is 48.5 Å². The number of benzene rings is 2. The highest BCUT2D eigenvalue weighted by atomic mass is 16.1. The minimum atomic E-state index is -0.108. The summed E-state index contributed by atoms with van der Waals surface area (Å²) in [7, 11) is 2.10. The van der Waals surface area contributed by atoms with Gasteiger partial charge in [-0.1, -0.05) is 51.1 Å². The highest BCUT2D eigenvalue weighted by Gasteiger charge is 2.14. The Kier molecular flexibility index (Phi) is 5.17. The molecule has 1 aliphatic heterocycles. The van der Waals surface area contributed by atoms with Gasteiger partial charge in [0.1, 0.15) is 0 Å². The highest BCUT2D eigenvalue weighted by molar-refractivity contribution is 6.02. The maximum absolute atomic E-state index is 12.3. The highest BCUT2D eigenvalue weighted by Crippen LogP contribution is 2.29. The zero-order valence-corrected chi connectivity index (χ0v) is 16.2. The van der Waals surface area contributed by atoms with Gasteiger partial charge >= 0.3 is 0 Å². The van der Waals surface area contributed by atoms with E-state index in [-0.39, 0.29) is 11.3 Å². The molecule has 0 bridgehead atoms. The van der Waals surface area contributed by atoms with Gasteiger partial charge in [-0.2, -0.15) is 0 Å². The minimum absolute atomic E-state index is 0.108. The van der Waals surface area contributed by atoms with Crippen LogP contribution in [0.1, 0.15) is 43.9 Å². The average Bonchev–Trinajstić information content (AvgIpc) is 2.60. The SMILES string of the molecule is CN1CCCc2ccc(NC(=O)C=Cc3ccc(C(C)(C)C)cc3)cc21. The van der Waals surface area contributed by atoms with Crippen molar-refractivity contribution in [1.29, 1.82) is 0 Å². The van der Waals surface area contributed by atoms with Gasteiger partial charge in [-0.15, -0.1) is 0 Å². The first-order chi connectivity index (χ1) is 12.3. The molecule has 2 aromatic carbocycles. The van der Waals surface area contributed by atoms with Crippen LogP contribution in [0.4, 0.5) is 11.4 Å². The topological polar surface area (TPSA) is 32.3 Å². The molecule has 1 N–H and O–H groups in total. The van der Waals surface area contributed by atoms with Crippen molar-refractivity contribution in [3.63, 3.8) is 0 Å². The maximum Gasteiger partial charge on any atom is 0.248 e. The molecule has 0 radical (unpaired) electrons. The largest absolute Gasteiger partial charge is 0.374 e. The van der Waals surface area contributed by atoms with Crippen LogP contribution in [-0.4, -0.2) is 19.5 Å². The minimum Gasteiger partial charge on any atom is -0.374 e. The first kappa shape index (κ1) is 18.2. The molecular weight excluding hydrogens is 320 g/mol. The fourth-order valence-corrected chi connectivity index (χ4v) is 3.29. The summed E-state index contributed by atoms with van der Waals surface area (Å²) in [6, 6.07) is 14.5. The van der Waals surface area contributed by atoms with Gasteiger partial charge in [-0.3, -0.25) is 4.79 Å². The number of nitrogens with one attached hydrogen (secondary N) is 1. The number of aryl methyl sites for hydroxylation is 1. The van der Waals surface area contributed by atoms with Crippen molar-refractivity contribution in [2.75, 3.05) is 23.8 Å². The van der Waals surface area contributed by atoms with E-state index in [1.165, 1.54) is 23.2 Å². The zero-order chi connectivity index (χ0) is 18.7. The van der Waals surface area contributed by atoms with Crippen molar-refractivity contribution in [3.05, 3.63) is 65.2 Å². The number of carbonyl (C=O) groups excluding carboxylic acids is 1. The van der Waals surface area contributed by atoms with Crippen LogP contribution in [0.5, 0.6) is 0 Å². The van der Waals surface area contributed by atoms with Crippen molar-refractivity contribution < 1.29 is 4.79 Å². The first-order valence-corrected chi connectivity index (χ1v) is 9.26. The number of carbonyl (C=O) groups is 1. The van der Waals surface area contributed by atoms with E-state index in [2.05, 4.69) is 74.4 Å². The Balaban J connectivity index is 1.65. The summed E-state index contributed by atoms with van der Waals surface area (Å²) in [6.45, 7) is 7.65. The maximum atomic E-state index is 12.3. The molecule has 3 rings (SSSR count). The van der Waals surface area contributed by atoms with Gasteiger partial charge in [0.15, 0.2) is 0 Å². The standard InChI is InChI=1S/C23H28N2O/c1-23(2,3)19-11-7-17(8-12-19)9-14-22(26)24-20-13-10-18-6-5-15-25(4)21(18)16-20/h7-14,16H,5-6,15H2,1-4H3,(H,24,26). The second-order valence-electron chi connectivity index (χ2n) is 8.06. The molecule has 0 saturated carbocycles. The lowest BCUT2D eigenvalue weighted by Gasteiger charge is -2.27. The molecule has 3 heteroatoms. The lowest BCUT2D eigenvalue weighted by atomic mass is 9.87. The van der Waals surface area contributed by atoms with Crippen molar-refractivity contribution in [2.45, 2.75) is 39.0 Å². The van der Waals surface area contributed by atoms with Crippen LogP contribution < -0.4 is 10.2 Å². The predicted octanol–water partition coefficient (Wildman–Crippen LogP) is 5.02. The molecule has 2 aromatic rings.